The minimum absolute atomic E-state index is 0. The van der Waals surface area contributed by atoms with E-state index in [1.165, 1.54) is 334 Å². The first-order valence-electron chi connectivity index (χ1n) is 49.6. The zero-order valence-corrected chi connectivity index (χ0v) is 78.8. The van der Waals surface area contributed by atoms with Gasteiger partial charge in [-0.1, -0.05) is 412 Å². The molecule has 0 fully saturated rings. The van der Waals surface area contributed by atoms with Crippen molar-refractivity contribution in [3.05, 3.63) is 75.7 Å². The van der Waals surface area contributed by atoms with Gasteiger partial charge >= 0.3 is 33.7 Å². The average molecular weight is 1620 g/mol. The first-order chi connectivity index (χ1) is 55.0. The number of allylic oxidation sites excluding steroid dienone is 8. The third-order valence-corrected chi connectivity index (χ3v) is 21.5. The molecule has 0 aromatic heterocycles. The second kappa shape index (κ2) is 112. The normalized spacial score (nSPS) is 11.8. The van der Waals surface area contributed by atoms with E-state index in [4.69, 9.17) is 18.9 Å². The van der Waals surface area contributed by atoms with E-state index in [1.54, 1.807) is 13.2 Å². The summed E-state index contributed by atoms with van der Waals surface area (Å²) >= 11 is 0. The van der Waals surface area contributed by atoms with Crippen molar-refractivity contribution in [2.24, 2.45) is 11.8 Å². The minimum Gasteiger partial charge on any atom is -0.637 e. The van der Waals surface area contributed by atoms with Crippen molar-refractivity contribution < 1.29 is 59.8 Å². The fraction of sp³-hybridized carbons (Fsp3) is 0.846. The molecule has 0 aromatic rings. The number of carbonyl (C=O) groups excluding carboxylic acids is 4. The van der Waals surface area contributed by atoms with Gasteiger partial charge in [0, 0.05) is 25.7 Å². The molecule has 113 heavy (non-hydrogen) atoms. The summed E-state index contributed by atoms with van der Waals surface area (Å²) in [6.45, 7) is 30.4. The molecule has 0 aliphatic heterocycles. The molecule has 664 valence electrons. The Balaban J connectivity index is -0.000000569. The molecule has 2 atom stereocenters. The van der Waals surface area contributed by atoms with E-state index in [9.17, 15) is 19.2 Å². The molecular weight excluding hydrogens is 1430 g/mol. The first kappa shape index (κ1) is 119. The number of esters is 4. The molecule has 0 aliphatic rings. The van der Waals surface area contributed by atoms with Crippen LogP contribution in [0.15, 0.2) is 48.6 Å². The SMILES string of the molecule is CCCCCCCC/C=C\CCCCCCCC(=O)O[CH-]CCCCCCCOC(=O)CCCCCCC/C=C\CCCCCCCC.CCCCCCCC/C=C\CCCCCCCC(=O)O[CH-]CCCCCCCOC(=O)CCCCCCC/C=C\CCCCCCCC.[CH2-]C(CC)CCCC.[CH2-]C(CC)CCCC.[Ti+4]. The number of hydrogen-bond acceptors (Lipinski definition) is 8. The zero-order valence-electron chi connectivity index (χ0n) is 77.3. The maximum absolute atomic E-state index is 12.0. The maximum atomic E-state index is 12.0. The smallest absolute Gasteiger partial charge is 0.637 e. The van der Waals surface area contributed by atoms with Crippen molar-refractivity contribution >= 4 is 23.9 Å². The molecule has 0 N–H and O–H groups in total. The van der Waals surface area contributed by atoms with Gasteiger partial charge in [0.05, 0.1) is 13.2 Å². The van der Waals surface area contributed by atoms with Gasteiger partial charge in [-0.25, -0.2) is 0 Å². The van der Waals surface area contributed by atoms with Gasteiger partial charge in [-0.2, -0.15) is 25.0 Å². The van der Waals surface area contributed by atoms with Crippen LogP contribution in [0.2, 0.25) is 0 Å². The molecule has 8 nitrogen and oxygen atoms in total. The topological polar surface area (TPSA) is 105 Å². The summed E-state index contributed by atoms with van der Waals surface area (Å²) in [6.07, 6.45) is 110. The van der Waals surface area contributed by atoms with Crippen LogP contribution in [0, 0.1) is 38.9 Å². The van der Waals surface area contributed by atoms with E-state index < -0.39 is 0 Å². The summed E-state index contributed by atoms with van der Waals surface area (Å²) in [5, 5.41) is 0. The quantitative estimate of drug-likeness (QED) is 0.0148. The number of rotatable bonds is 86. The molecule has 0 spiro atoms. The fourth-order valence-electron chi connectivity index (χ4n) is 13.4. The van der Waals surface area contributed by atoms with Crippen LogP contribution in [0.5, 0.6) is 0 Å². The molecule has 9 heteroatoms. The summed E-state index contributed by atoms with van der Waals surface area (Å²) in [6, 6.07) is 0. The Morgan fingerprint density at radius 3 is 0.646 bits per heavy atom. The van der Waals surface area contributed by atoms with Crippen LogP contribution >= 0.6 is 0 Å². The van der Waals surface area contributed by atoms with Crippen molar-refractivity contribution in [1.82, 2.24) is 0 Å². The number of ether oxygens (including phenoxy) is 4. The van der Waals surface area contributed by atoms with Crippen LogP contribution in [0.4, 0.5) is 0 Å². The third-order valence-electron chi connectivity index (χ3n) is 21.5. The number of unbranched alkanes of at least 4 members (excludes halogenated alkanes) is 56. The van der Waals surface area contributed by atoms with Gasteiger partial charge in [0.2, 0.25) is 0 Å². The van der Waals surface area contributed by atoms with E-state index in [0.29, 0.717) is 50.7 Å². The number of hydrogen-bond donors (Lipinski definition) is 0. The molecule has 2 unspecified atom stereocenters. The van der Waals surface area contributed by atoms with Crippen LogP contribution in [0.1, 0.15) is 543 Å². The predicted octanol–water partition coefficient (Wildman–Crippen LogP) is 35.4. The van der Waals surface area contributed by atoms with Crippen LogP contribution < -0.4 is 0 Å². The van der Waals surface area contributed by atoms with E-state index in [2.05, 4.69) is 118 Å². The molecule has 0 saturated carbocycles. The van der Waals surface area contributed by atoms with Gasteiger partial charge in [-0.05, 0) is 141 Å². The van der Waals surface area contributed by atoms with Crippen molar-refractivity contribution in [2.75, 3.05) is 13.2 Å². The van der Waals surface area contributed by atoms with E-state index in [0.717, 1.165) is 128 Å². The summed E-state index contributed by atoms with van der Waals surface area (Å²) < 4.78 is 21.4. The summed E-state index contributed by atoms with van der Waals surface area (Å²) in [5.74, 6) is 1.16. The Labute approximate surface area is 723 Å². The molecule has 0 aliphatic carbocycles. The van der Waals surface area contributed by atoms with Gasteiger partial charge in [0.25, 0.3) is 11.9 Å². The first-order valence-corrected chi connectivity index (χ1v) is 49.6. The second-order valence-corrected chi connectivity index (χ2v) is 33.0. The monoisotopic (exact) mass is 1620 g/mol. The van der Waals surface area contributed by atoms with E-state index in [1.807, 2.05) is 0 Å². The minimum atomic E-state index is -0.0868. The summed E-state index contributed by atoms with van der Waals surface area (Å²) in [7, 11) is 0. The molecule has 0 rings (SSSR count). The Morgan fingerprint density at radius 1 is 0.239 bits per heavy atom. The molecule has 0 amide bonds. The van der Waals surface area contributed by atoms with Gasteiger partial charge in [-0.3, -0.25) is 19.2 Å². The van der Waals surface area contributed by atoms with E-state index in [-0.39, 0.29) is 45.6 Å². The van der Waals surface area contributed by atoms with Gasteiger partial charge < -0.3 is 32.8 Å². The Hall–Kier alpha value is -2.45. The molecule has 0 saturated heterocycles. The zero-order chi connectivity index (χ0) is 82.5. The Kier molecular flexibility index (Phi) is 118. The van der Waals surface area contributed by atoms with Crippen molar-refractivity contribution in [2.45, 2.75) is 543 Å². The number of carbonyl (C=O) groups is 4. The maximum Gasteiger partial charge on any atom is 4.00 e. The second-order valence-electron chi connectivity index (χ2n) is 33.0. The van der Waals surface area contributed by atoms with Crippen molar-refractivity contribution in [3.63, 3.8) is 0 Å². The molecule has 0 bridgehead atoms. The predicted molar refractivity (Wildman–Crippen MR) is 493 cm³/mol. The van der Waals surface area contributed by atoms with Crippen molar-refractivity contribution in [3.8, 4) is 0 Å². The largest absolute Gasteiger partial charge is 4.00 e. The summed E-state index contributed by atoms with van der Waals surface area (Å²) in [4.78, 5) is 47.8. The van der Waals surface area contributed by atoms with Crippen LogP contribution in [0.25, 0.3) is 0 Å². The average Bonchev–Trinajstić information content (AvgIpc) is 1.22. The van der Waals surface area contributed by atoms with Gasteiger partial charge in [-0.15, -0.1) is 12.8 Å². The molecule has 0 heterocycles. The third kappa shape index (κ3) is 118. The van der Waals surface area contributed by atoms with Gasteiger partial charge in [0.15, 0.2) is 0 Å². The Bertz CT molecular complexity index is 1660. The molecular formula is C104H196O8Ti. The Morgan fingerprint density at radius 2 is 0.425 bits per heavy atom. The van der Waals surface area contributed by atoms with Crippen LogP contribution in [-0.4, -0.2) is 37.1 Å². The molecule has 0 radical (unpaired) electrons. The van der Waals surface area contributed by atoms with Crippen LogP contribution in [0.3, 0.4) is 0 Å². The van der Waals surface area contributed by atoms with E-state index >= 15 is 0 Å². The van der Waals surface area contributed by atoms with Crippen LogP contribution in [-0.2, 0) is 59.8 Å². The van der Waals surface area contributed by atoms with Crippen molar-refractivity contribution in [1.29, 1.82) is 0 Å². The van der Waals surface area contributed by atoms with Gasteiger partial charge in [0.1, 0.15) is 0 Å². The fourth-order valence-corrected chi connectivity index (χ4v) is 13.4. The summed E-state index contributed by atoms with van der Waals surface area (Å²) in [5.41, 5.74) is 0. The standard InChI is InChI=1S/2C44H81O4.2C8H17.Ti/c2*1-3-5-7-9-11-13-15-17-19-21-23-25-27-31-35-39-43(45)47-41-37-33-29-30-34-38-42-48-44(46)40-36-32-28-26-24-22-20-18-16-14-12-10-8-6-4-2;2*1-4-6-7-8(3)5-2;/h2*17-20,41H,3-16,21-40,42H2,1-2H3;2*8H,3-7H2,1-2H3;/q4*-1;+4/b2*19-17-,20-18-;;;. The molecule has 0 aromatic carbocycles.